The molecule has 0 spiro atoms. The standard InChI is InChI=1S/C14H22N4O3/c1-3-4-10-6-18(8-13(19)20)7-12(10)15-14(21)11-5-9(2)16-17-11/h5,10,12H,3-4,6-8H2,1-2H3,(H,15,21)(H,16,17)(H,19,20)/t10-,12-/m0/s1. The van der Waals surface area contributed by atoms with Crippen LogP contribution >= 0.6 is 0 Å². The topological polar surface area (TPSA) is 98.3 Å². The zero-order valence-corrected chi connectivity index (χ0v) is 12.4. The van der Waals surface area contributed by atoms with Crippen LogP contribution in [0.15, 0.2) is 6.07 Å². The fourth-order valence-corrected chi connectivity index (χ4v) is 2.88. The molecule has 2 heterocycles. The van der Waals surface area contributed by atoms with Gasteiger partial charge in [-0.05, 0) is 25.3 Å². The van der Waals surface area contributed by atoms with Gasteiger partial charge in [0.15, 0.2) is 0 Å². The number of aryl methyl sites for hydroxylation is 1. The summed E-state index contributed by atoms with van der Waals surface area (Å²) < 4.78 is 0. The summed E-state index contributed by atoms with van der Waals surface area (Å²) >= 11 is 0. The first-order chi connectivity index (χ1) is 9.99. The van der Waals surface area contributed by atoms with E-state index in [1.807, 2.05) is 11.8 Å². The number of rotatable bonds is 6. The molecule has 1 amide bonds. The van der Waals surface area contributed by atoms with Crippen molar-refractivity contribution in [2.45, 2.75) is 32.7 Å². The number of nitrogens with one attached hydrogen (secondary N) is 2. The number of likely N-dealkylation sites (tertiary alicyclic amines) is 1. The second-order valence-electron chi connectivity index (χ2n) is 5.65. The molecule has 21 heavy (non-hydrogen) atoms. The van der Waals surface area contributed by atoms with Gasteiger partial charge in [0, 0.05) is 24.8 Å². The maximum atomic E-state index is 12.2. The second-order valence-corrected chi connectivity index (χ2v) is 5.65. The van der Waals surface area contributed by atoms with Crippen molar-refractivity contribution in [3.05, 3.63) is 17.5 Å². The molecule has 0 radical (unpaired) electrons. The fourth-order valence-electron chi connectivity index (χ4n) is 2.88. The third-order valence-corrected chi connectivity index (χ3v) is 3.79. The van der Waals surface area contributed by atoms with Crippen molar-refractivity contribution in [3.63, 3.8) is 0 Å². The number of aliphatic carboxylic acids is 1. The number of H-pyrrole nitrogens is 1. The summed E-state index contributed by atoms with van der Waals surface area (Å²) in [5, 5.41) is 18.6. The summed E-state index contributed by atoms with van der Waals surface area (Å²) in [6.45, 7) is 5.24. The molecule has 0 saturated carbocycles. The molecule has 1 aliphatic rings. The lowest BCUT2D eigenvalue weighted by molar-refractivity contribution is -0.138. The molecule has 7 nitrogen and oxygen atoms in total. The average molecular weight is 294 g/mol. The lowest BCUT2D eigenvalue weighted by Gasteiger charge is -2.18. The SMILES string of the molecule is CCC[C@H]1CN(CC(=O)O)C[C@@H]1NC(=O)c1cc(C)[nH]n1. The van der Waals surface area contributed by atoms with E-state index in [9.17, 15) is 9.59 Å². The Labute approximate surface area is 123 Å². The van der Waals surface area contributed by atoms with Crippen LogP contribution in [-0.4, -0.2) is 57.8 Å². The highest BCUT2D eigenvalue weighted by Gasteiger charge is 2.34. The summed E-state index contributed by atoms with van der Waals surface area (Å²) in [4.78, 5) is 24.9. The van der Waals surface area contributed by atoms with Crippen LogP contribution in [0.2, 0.25) is 0 Å². The number of aromatic amines is 1. The first kappa shape index (κ1) is 15.5. The normalized spacial score (nSPS) is 22.4. The van der Waals surface area contributed by atoms with Gasteiger partial charge in [-0.2, -0.15) is 5.10 Å². The number of carboxylic acid groups (broad SMARTS) is 1. The van der Waals surface area contributed by atoms with E-state index >= 15 is 0 Å². The number of nitrogens with zero attached hydrogens (tertiary/aromatic N) is 2. The molecule has 1 aromatic heterocycles. The Morgan fingerprint density at radius 2 is 2.29 bits per heavy atom. The van der Waals surface area contributed by atoms with Crippen LogP contribution in [0.4, 0.5) is 0 Å². The molecule has 2 rings (SSSR count). The van der Waals surface area contributed by atoms with Crippen molar-refractivity contribution in [1.82, 2.24) is 20.4 Å². The third-order valence-electron chi connectivity index (χ3n) is 3.79. The molecule has 0 aromatic carbocycles. The van der Waals surface area contributed by atoms with Crippen LogP contribution in [0.3, 0.4) is 0 Å². The maximum Gasteiger partial charge on any atom is 0.317 e. The van der Waals surface area contributed by atoms with Crippen LogP contribution in [0.25, 0.3) is 0 Å². The molecule has 116 valence electrons. The Hall–Kier alpha value is -1.89. The van der Waals surface area contributed by atoms with Gasteiger partial charge >= 0.3 is 5.97 Å². The fraction of sp³-hybridized carbons (Fsp3) is 0.643. The summed E-state index contributed by atoms with van der Waals surface area (Å²) in [6.07, 6.45) is 1.99. The Balaban J connectivity index is 1.98. The molecule has 0 unspecified atom stereocenters. The third kappa shape index (κ3) is 4.04. The number of carboxylic acids is 1. The number of amides is 1. The summed E-state index contributed by atoms with van der Waals surface area (Å²) in [7, 11) is 0. The van der Waals surface area contributed by atoms with Crippen molar-refractivity contribution in [1.29, 1.82) is 0 Å². The van der Waals surface area contributed by atoms with E-state index in [0.717, 1.165) is 18.5 Å². The van der Waals surface area contributed by atoms with Crippen molar-refractivity contribution in [3.8, 4) is 0 Å². The van der Waals surface area contributed by atoms with Crippen LogP contribution in [0.5, 0.6) is 0 Å². The summed E-state index contributed by atoms with van der Waals surface area (Å²) in [5.41, 5.74) is 1.21. The Kier molecular flexibility index (Phi) is 4.95. The Morgan fingerprint density at radius 3 is 2.86 bits per heavy atom. The lowest BCUT2D eigenvalue weighted by atomic mass is 9.98. The average Bonchev–Trinajstić information content (AvgIpc) is 2.97. The molecule has 3 N–H and O–H groups in total. The molecular weight excluding hydrogens is 272 g/mol. The Morgan fingerprint density at radius 1 is 1.52 bits per heavy atom. The van der Waals surface area contributed by atoms with E-state index in [-0.39, 0.29) is 18.5 Å². The van der Waals surface area contributed by atoms with E-state index in [2.05, 4.69) is 22.4 Å². The highest BCUT2D eigenvalue weighted by Crippen LogP contribution is 2.22. The van der Waals surface area contributed by atoms with Crippen molar-refractivity contribution in [2.24, 2.45) is 5.92 Å². The highest BCUT2D eigenvalue weighted by molar-refractivity contribution is 5.92. The molecule has 7 heteroatoms. The molecule has 0 bridgehead atoms. The van der Waals surface area contributed by atoms with Gasteiger partial charge in [0.1, 0.15) is 5.69 Å². The largest absolute Gasteiger partial charge is 0.480 e. The molecular formula is C14H22N4O3. The van der Waals surface area contributed by atoms with E-state index in [4.69, 9.17) is 5.11 Å². The molecule has 2 atom stereocenters. The summed E-state index contributed by atoms with van der Waals surface area (Å²) in [5.74, 6) is -0.749. The van der Waals surface area contributed by atoms with E-state index in [1.54, 1.807) is 6.07 Å². The quantitative estimate of drug-likeness (QED) is 0.715. The van der Waals surface area contributed by atoms with Crippen molar-refractivity contribution >= 4 is 11.9 Å². The lowest BCUT2D eigenvalue weighted by Crippen LogP contribution is -2.41. The highest BCUT2D eigenvalue weighted by atomic mass is 16.4. The van der Waals surface area contributed by atoms with Gasteiger partial charge in [0.05, 0.1) is 6.54 Å². The minimum absolute atomic E-state index is 0.0196. The summed E-state index contributed by atoms with van der Waals surface area (Å²) in [6, 6.07) is 1.68. The second kappa shape index (κ2) is 6.71. The van der Waals surface area contributed by atoms with Crippen LogP contribution in [0, 0.1) is 12.8 Å². The minimum atomic E-state index is -0.833. The predicted octanol–water partition coefficient (Wildman–Crippen LogP) is 0.633. The number of carbonyl (C=O) groups excluding carboxylic acids is 1. The van der Waals surface area contributed by atoms with Gasteiger partial charge in [-0.25, -0.2) is 0 Å². The molecule has 1 aromatic rings. The number of hydrogen-bond donors (Lipinski definition) is 3. The van der Waals surface area contributed by atoms with E-state index < -0.39 is 5.97 Å². The van der Waals surface area contributed by atoms with Crippen LogP contribution < -0.4 is 5.32 Å². The first-order valence-corrected chi connectivity index (χ1v) is 7.26. The van der Waals surface area contributed by atoms with Crippen molar-refractivity contribution < 1.29 is 14.7 Å². The number of aromatic nitrogens is 2. The zero-order valence-electron chi connectivity index (χ0n) is 12.4. The number of hydrogen-bond acceptors (Lipinski definition) is 4. The van der Waals surface area contributed by atoms with Gasteiger partial charge < -0.3 is 10.4 Å². The van der Waals surface area contributed by atoms with Crippen LogP contribution in [0.1, 0.15) is 35.9 Å². The predicted molar refractivity (Wildman–Crippen MR) is 77.1 cm³/mol. The molecule has 1 fully saturated rings. The number of carbonyl (C=O) groups is 2. The molecule has 1 saturated heterocycles. The van der Waals surface area contributed by atoms with E-state index in [0.29, 0.717) is 24.7 Å². The maximum absolute atomic E-state index is 12.2. The van der Waals surface area contributed by atoms with Gasteiger partial charge in [-0.1, -0.05) is 13.3 Å². The first-order valence-electron chi connectivity index (χ1n) is 7.26. The Bertz CT molecular complexity index is 514. The smallest absolute Gasteiger partial charge is 0.317 e. The zero-order chi connectivity index (χ0) is 15.4. The molecule has 0 aliphatic carbocycles. The van der Waals surface area contributed by atoms with Gasteiger partial charge in [0.2, 0.25) is 0 Å². The van der Waals surface area contributed by atoms with Gasteiger partial charge in [-0.3, -0.25) is 19.6 Å². The van der Waals surface area contributed by atoms with Gasteiger partial charge in [-0.15, -0.1) is 0 Å². The monoisotopic (exact) mass is 294 g/mol. The van der Waals surface area contributed by atoms with Crippen LogP contribution in [-0.2, 0) is 4.79 Å². The molecule has 1 aliphatic heterocycles. The minimum Gasteiger partial charge on any atom is -0.480 e. The van der Waals surface area contributed by atoms with Gasteiger partial charge in [0.25, 0.3) is 5.91 Å². The van der Waals surface area contributed by atoms with Crippen molar-refractivity contribution in [2.75, 3.05) is 19.6 Å². The van der Waals surface area contributed by atoms with E-state index in [1.165, 1.54) is 0 Å².